The van der Waals surface area contributed by atoms with Gasteiger partial charge in [0.1, 0.15) is 0 Å². The second kappa shape index (κ2) is 7.37. The molecule has 0 aliphatic heterocycles. The van der Waals surface area contributed by atoms with Crippen molar-refractivity contribution in [3.63, 3.8) is 0 Å². The number of nitro benzene ring substituents is 1. The molecule has 0 fully saturated rings. The molecule has 0 saturated heterocycles. The van der Waals surface area contributed by atoms with E-state index in [4.69, 9.17) is 11.6 Å². The van der Waals surface area contributed by atoms with E-state index in [1.165, 1.54) is 42.5 Å². The molecule has 8 heteroatoms. The average Bonchev–Trinajstić information content (AvgIpc) is 2.52. The van der Waals surface area contributed by atoms with E-state index in [0.29, 0.717) is 11.1 Å². The van der Waals surface area contributed by atoms with Crippen LogP contribution in [0.4, 0.5) is 9.57 Å². The van der Waals surface area contributed by atoms with E-state index in [2.05, 4.69) is 0 Å². The van der Waals surface area contributed by atoms with Crippen LogP contribution in [-0.2, 0) is 10.2 Å². The lowest BCUT2D eigenvalue weighted by Crippen LogP contribution is -1.90. The van der Waals surface area contributed by atoms with E-state index < -0.39 is 20.0 Å². The summed E-state index contributed by atoms with van der Waals surface area (Å²) in [5.41, 5.74) is 1.21. The molecule has 2 rings (SSSR count). The average molecular weight is 368 g/mol. The quantitative estimate of drug-likeness (QED) is 0.334. The zero-order valence-corrected chi connectivity index (χ0v) is 13.7. The first-order valence-corrected chi connectivity index (χ1v) is 8.37. The molecule has 0 aliphatic carbocycles. The Morgan fingerprint density at radius 3 is 2.21 bits per heavy atom. The third-order valence-electron chi connectivity index (χ3n) is 3.03. The first kappa shape index (κ1) is 17.8. The lowest BCUT2D eigenvalue weighted by atomic mass is 10.1. The van der Waals surface area contributed by atoms with E-state index in [9.17, 15) is 22.4 Å². The Balaban J connectivity index is 2.08. The molecule has 124 valence electrons. The van der Waals surface area contributed by atoms with Gasteiger partial charge < -0.3 is 0 Å². The molecule has 0 bridgehead atoms. The molecule has 0 heterocycles. The standard InChI is InChI=1S/C16H11ClFNO4S/c17-16-11-14(19(20)21)8-7-13(16)4-2-1-3-12-5-9-15(10-6-12)24(18,22)23/h1-11H/b3-1-,4-2+. The fraction of sp³-hybridized carbons (Fsp3) is 0. The molecule has 0 radical (unpaired) electrons. The van der Waals surface area contributed by atoms with Crippen LogP contribution in [0.2, 0.25) is 5.02 Å². The van der Waals surface area contributed by atoms with E-state index in [1.54, 1.807) is 24.3 Å². The van der Waals surface area contributed by atoms with Gasteiger partial charge in [-0.05, 0) is 29.3 Å². The predicted molar refractivity (Wildman–Crippen MR) is 90.9 cm³/mol. The minimum Gasteiger partial charge on any atom is -0.258 e. The molecule has 0 saturated carbocycles. The molecule has 2 aromatic rings. The Hall–Kier alpha value is -2.51. The zero-order chi connectivity index (χ0) is 17.7. The summed E-state index contributed by atoms with van der Waals surface area (Å²) in [4.78, 5) is 9.70. The van der Waals surface area contributed by atoms with E-state index in [0.717, 1.165) is 0 Å². The number of rotatable bonds is 5. The minimum absolute atomic E-state index is 0.0874. The predicted octanol–water partition coefficient (Wildman–Crippen LogP) is 4.63. The largest absolute Gasteiger partial charge is 0.332 e. The van der Waals surface area contributed by atoms with E-state index >= 15 is 0 Å². The lowest BCUT2D eigenvalue weighted by molar-refractivity contribution is -0.384. The van der Waals surface area contributed by atoms with Crippen molar-refractivity contribution < 1.29 is 17.2 Å². The fourth-order valence-corrected chi connectivity index (χ4v) is 2.53. The van der Waals surface area contributed by atoms with E-state index in [1.807, 2.05) is 0 Å². The minimum atomic E-state index is -4.70. The number of halogens is 2. The summed E-state index contributed by atoms with van der Waals surface area (Å²) in [5, 5.41) is 10.9. The first-order chi connectivity index (χ1) is 11.3. The van der Waals surface area contributed by atoms with Gasteiger partial charge in [0.05, 0.1) is 14.8 Å². The Morgan fingerprint density at radius 2 is 1.67 bits per heavy atom. The van der Waals surface area contributed by atoms with Crippen LogP contribution in [0.5, 0.6) is 0 Å². The first-order valence-electron chi connectivity index (χ1n) is 6.61. The molecule has 0 spiro atoms. The topological polar surface area (TPSA) is 77.3 Å². The van der Waals surface area contributed by atoms with Gasteiger partial charge in [-0.2, -0.15) is 8.42 Å². The van der Waals surface area contributed by atoms with Gasteiger partial charge in [0.25, 0.3) is 5.69 Å². The monoisotopic (exact) mass is 367 g/mol. The number of non-ortho nitro benzene ring substituents is 1. The second-order valence-corrected chi connectivity index (χ2v) is 6.44. The maximum absolute atomic E-state index is 12.8. The molecular weight excluding hydrogens is 357 g/mol. The van der Waals surface area contributed by atoms with Crippen LogP contribution in [0.15, 0.2) is 59.5 Å². The smallest absolute Gasteiger partial charge is 0.258 e. The number of hydrogen-bond acceptors (Lipinski definition) is 4. The van der Waals surface area contributed by atoms with Gasteiger partial charge in [-0.25, -0.2) is 0 Å². The van der Waals surface area contributed by atoms with Crippen LogP contribution in [0.25, 0.3) is 12.2 Å². The maximum Gasteiger partial charge on any atom is 0.332 e. The van der Waals surface area contributed by atoms with Gasteiger partial charge in [-0.15, -0.1) is 3.89 Å². The zero-order valence-electron chi connectivity index (χ0n) is 12.1. The molecule has 2 aromatic carbocycles. The van der Waals surface area contributed by atoms with Crippen molar-refractivity contribution in [2.75, 3.05) is 0 Å². The summed E-state index contributed by atoms with van der Waals surface area (Å²) in [6.07, 6.45) is 6.71. The van der Waals surface area contributed by atoms with Gasteiger partial charge in [0.2, 0.25) is 0 Å². The summed E-state index contributed by atoms with van der Waals surface area (Å²) in [6.45, 7) is 0. The van der Waals surface area contributed by atoms with Crippen molar-refractivity contribution in [2.45, 2.75) is 4.90 Å². The molecule has 0 N–H and O–H groups in total. The molecule has 0 aromatic heterocycles. The Morgan fingerprint density at radius 1 is 1.04 bits per heavy atom. The van der Waals surface area contributed by atoms with Gasteiger partial charge in [0.15, 0.2) is 0 Å². The van der Waals surface area contributed by atoms with Gasteiger partial charge in [-0.1, -0.05) is 48.0 Å². The number of nitrogens with zero attached hydrogens (tertiary/aromatic N) is 1. The fourth-order valence-electron chi connectivity index (χ4n) is 1.83. The summed E-state index contributed by atoms with van der Waals surface area (Å²) in [5.74, 6) is 0. The molecule has 0 aliphatic rings. The molecule has 0 atom stereocenters. The van der Waals surface area contributed by atoms with Crippen molar-refractivity contribution in [3.05, 3.63) is 80.9 Å². The Kier molecular flexibility index (Phi) is 5.48. The van der Waals surface area contributed by atoms with Crippen molar-refractivity contribution in [3.8, 4) is 0 Å². The highest BCUT2D eigenvalue weighted by atomic mass is 35.5. The van der Waals surface area contributed by atoms with Crippen molar-refractivity contribution in [1.29, 1.82) is 0 Å². The van der Waals surface area contributed by atoms with Crippen molar-refractivity contribution >= 4 is 39.7 Å². The van der Waals surface area contributed by atoms with Gasteiger partial charge >= 0.3 is 10.2 Å². The van der Waals surface area contributed by atoms with E-state index in [-0.39, 0.29) is 10.7 Å². The van der Waals surface area contributed by atoms with Gasteiger partial charge in [-0.3, -0.25) is 10.1 Å². The summed E-state index contributed by atoms with van der Waals surface area (Å²) in [7, 11) is -4.70. The maximum atomic E-state index is 12.8. The third-order valence-corrected chi connectivity index (χ3v) is 4.19. The van der Waals surface area contributed by atoms with Crippen LogP contribution in [0.3, 0.4) is 0 Å². The SMILES string of the molecule is O=[N+]([O-])c1ccc(/C=C/C=C\c2ccc(S(=O)(=O)F)cc2)c(Cl)c1. The highest BCUT2D eigenvalue weighted by Gasteiger charge is 2.10. The number of nitro groups is 1. The molecule has 24 heavy (non-hydrogen) atoms. The molecular formula is C16H11ClFNO4S. The highest BCUT2D eigenvalue weighted by molar-refractivity contribution is 7.86. The molecule has 0 unspecified atom stereocenters. The third kappa shape index (κ3) is 4.74. The van der Waals surface area contributed by atoms with Crippen LogP contribution in [-0.4, -0.2) is 13.3 Å². The Labute approximate surface area is 143 Å². The lowest BCUT2D eigenvalue weighted by Gasteiger charge is -1.97. The summed E-state index contributed by atoms with van der Waals surface area (Å²) in [6, 6.07) is 9.43. The number of allylic oxidation sites excluding steroid dienone is 2. The van der Waals surface area contributed by atoms with Crippen LogP contribution >= 0.6 is 11.6 Å². The van der Waals surface area contributed by atoms with Crippen LogP contribution in [0, 0.1) is 10.1 Å². The molecule has 0 amide bonds. The molecule has 5 nitrogen and oxygen atoms in total. The van der Waals surface area contributed by atoms with Crippen LogP contribution < -0.4 is 0 Å². The number of hydrogen-bond donors (Lipinski definition) is 0. The van der Waals surface area contributed by atoms with Crippen molar-refractivity contribution in [1.82, 2.24) is 0 Å². The second-order valence-electron chi connectivity index (χ2n) is 4.69. The Bertz CT molecular complexity index is 922. The van der Waals surface area contributed by atoms with Gasteiger partial charge in [0, 0.05) is 12.1 Å². The normalized spacial score (nSPS) is 12.1. The summed E-state index contributed by atoms with van der Waals surface area (Å²) >= 11 is 5.96. The highest BCUT2D eigenvalue weighted by Crippen LogP contribution is 2.23. The summed E-state index contributed by atoms with van der Waals surface area (Å²) < 4.78 is 34.2. The van der Waals surface area contributed by atoms with Crippen molar-refractivity contribution in [2.24, 2.45) is 0 Å². The number of benzene rings is 2. The van der Waals surface area contributed by atoms with Crippen LogP contribution in [0.1, 0.15) is 11.1 Å².